The summed E-state index contributed by atoms with van der Waals surface area (Å²) in [6.07, 6.45) is 6.47. The summed E-state index contributed by atoms with van der Waals surface area (Å²) in [5.74, 6) is 0. The molecule has 374 valence electrons. The Morgan fingerprint density at radius 2 is 0.750 bits per heavy atom. The smallest absolute Gasteiger partial charge is 0.143 e. The number of hydrogen-bond donors (Lipinski definition) is 0. The van der Waals surface area contributed by atoms with Crippen LogP contribution in [-0.4, -0.2) is 9.13 Å². The molecule has 0 amide bonds. The topological polar surface area (TPSA) is 23.0 Å². The van der Waals surface area contributed by atoms with Crippen LogP contribution in [0.1, 0.15) is 18.1 Å². The van der Waals surface area contributed by atoms with Gasteiger partial charge in [-0.1, -0.05) is 231 Å². The molecule has 0 unspecified atom stereocenters. The third kappa shape index (κ3) is 6.62. The molecule has 3 heterocycles. The molecule has 0 radical (unpaired) electrons. The Hall–Kier alpha value is -10.5. The summed E-state index contributed by atoms with van der Waals surface area (Å²) < 4.78 is 12.2. The van der Waals surface area contributed by atoms with E-state index in [0.29, 0.717) is 0 Å². The molecular weight excluding hydrogens is 969 g/mol. The Bertz CT molecular complexity index is 5200. The van der Waals surface area contributed by atoms with Crippen LogP contribution in [0, 0.1) is 0 Å². The Morgan fingerprint density at radius 1 is 0.338 bits per heavy atom. The molecule has 80 heavy (non-hydrogen) atoms. The van der Waals surface area contributed by atoms with Crippen molar-refractivity contribution in [2.45, 2.75) is 6.92 Å². The summed E-state index contributed by atoms with van der Waals surface area (Å²) in [7, 11) is 0. The van der Waals surface area contributed by atoms with E-state index in [-0.39, 0.29) is 0 Å². The van der Waals surface area contributed by atoms with E-state index in [1.807, 2.05) is 0 Å². The average molecular weight is 1020 g/mol. The molecule has 16 rings (SSSR count). The maximum atomic E-state index is 7.32. The van der Waals surface area contributed by atoms with Gasteiger partial charge >= 0.3 is 0 Å². The summed E-state index contributed by atoms with van der Waals surface area (Å²) in [5, 5.41) is 14.1. The molecule has 0 saturated carbocycles. The van der Waals surface area contributed by atoms with Crippen molar-refractivity contribution < 1.29 is 4.42 Å². The number of nitrogens with zero attached hydrogens (tertiary/aromatic N) is 2. The second-order valence-corrected chi connectivity index (χ2v) is 20.9. The van der Waals surface area contributed by atoms with Gasteiger partial charge in [0.15, 0.2) is 0 Å². The number of allylic oxidation sites excluding steroid dienone is 1. The van der Waals surface area contributed by atoms with Crippen LogP contribution in [0.5, 0.6) is 0 Å². The molecule has 0 atom stereocenters. The summed E-state index contributed by atoms with van der Waals surface area (Å²) in [6.45, 7) is 6.68. The van der Waals surface area contributed by atoms with Gasteiger partial charge in [-0.2, -0.15) is 0 Å². The van der Waals surface area contributed by atoms with E-state index < -0.39 is 0 Å². The lowest BCUT2D eigenvalue weighted by Gasteiger charge is -2.21. The van der Waals surface area contributed by atoms with Crippen LogP contribution in [0.2, 0.25) is 0 Å². The normalized spacial score (nSPS) is 12.1. The SMILES string of the molecule is C=Cc1c(/C=C\C)c(-c2cccc3c2oc2cc(-c4c5ccccc5c(-c5cccc6c7ccccc7n(-c7ccccc7)c56)c5ccccc45)ccc23)c2ccccc2c1-c1cccc2c3ccccc3n(-c3ccccc3)c12. The molecule has 0 spiro atoms. The molecule has 0 aliphatic heterocycles. The van der Waals surface area contributed by atoms with Crippen LogP contribution in [0.15, 0.2) is 272 Å². The van der Waals surface area contributed by atoms with Crippen molar-refractivity contribution in [3.63, 3.8) is 0 Å². The fourth-order valence-corrected chi connectivity index (χ4v) is 13.6. The fourth-order valence-electron chi connectivity index (χ4n) is 13.6. The van der Waals surface area contributed by atoms with Crippen LogP contribution < -0.4 is 0 Å². The van der Waals surface area contributed by atoms with Gasteiger partial charge < -0.3 is 13.6 Å². The summed E-state index contributed by atoms with van der Waals surface area (Å²) in [4.78, 5) is 0. The second-order valence-electron chi connectivity index (χ2n) is 20.9. The predicted octanol–water partition coefficient (Wildman–Crippen LogP) is 21.6. The molecule has 0 N–H and O–H groups in total. The minimum Gasteiger partial charge on any atom is -0.455 e. The van der Waals surface area contributed by atoms with Crippen molar-refractivity contribution in [2.75, 3.05) is 0 Å². The van der Waals surface area contributed by atoms with Gasteiger partial charge in [-0.3, -0.25) is 0 Å². The third-order valence-corrected chi connectivity index (χ3v) is 16.8. The maximum Gasteiger partial charge on any atom is 0.143 e. The lowest BCUT2D eigenvalue weighted by Crippen LogP contribution is -1.99. The first-order valence-corrected chi connectivity index (χ1v) is 27.6. The lowest BCUT2D eigenvalue weighted by atomic mass is 9.82. The molecule has 13 aromatic carbocycles. The number of fused-ring (bicyclic) bond motifs is 12. The van der Waals surface area contributed by atoms with E-state index in [0.717, 1.165) is 83.0 Å². The molecule has 0 aliphatic carbocycles. The van der Waals surface area contributed by atoms with E-state index in [4.69, 9.17) is 4.42 Å². The summed E-state index contributed by atoms with van der Waals surface area (Å²) in [6, 6.07) is 92.9. The Balaban J connectivity index is 0.917. The quantitative estimate of drug-likeness (QED) is 0.139. The molecule has 3 nitrogen and oxygen atoms in total. The van der Waals surface area contributed by atoms with E-state index in [1.54, 1.807) is 0 Å². The van der Waals surface area contributed by atoms with Crippen LogP contribution >= 0.6 is 0 Å². The predicted molar refractivity (Wildman–Crippen MR) is 341 cm³/mol. The molecule has 0 bridgehead atoms. The minimum absolute atomic E-state index is 0.845. The number of para-hydroxylation sites is 7. The number of benzene rings is 13. The van der Waals surface area contributed by atoms with Crippen LogP contribution in [0.3, 0.4) is 0 Å². The molecular formula is C77H50N2O. The molecule has 0 fully saturated rings. The van der Waals surface area contributed by atoms with Crippen molar-refractivity contribution in [3.8, 4) is 55.9 Å². The van der Waals surface area contributed by atoms with E-state index in [1.165, 1.54) is 81.8 Å². The van der Waals surface area contributed by atoms with Crippen LogP contribution in [0.25, 0.3) is 166 Å². The molecule has 0 aliphatic rings. The van der Waals surface area contributed by atoms with E-state index in [2.05, 4.69) is 296 Å². The zero-order valence-corrected chi connectivity index (χ0v) is 44.0. The van der Waals surface area contributed by atoms with Gasteiger partial charge in [0.2, 0.25) is 0 Å². The largest absolute Gasteiger partial charge is 0.455 e. The Labute approximate surface area is 462 Å². The molecule has 3 aromatic heterocycles. The number of aromatic nitrogens is 2. The summed E-state index contributed by atoms with van der Waals surface area (Å²) >= 11 is 0. The maximum absolute atomic E-state index is 7.32. The monoisotopic (exact) mass is 1020 g/mol. The standard InChI is InChI=1S/C77H50N2O/c1-3-24-55-51(4-2)72(65-40-21-37-62-52-29-17-19-43-68(52)78(75(62)65)49-25-7-5-8-26-49)60-35-15-16-36-61(60)74(55)67-42-23-39-64-54-46-45-48(47-70(54)80-77(64)67)71-56-31-11-13-33-58(56)73(59-34-14-12-32-57(59)71)66-41-22-38-63-53-30-18-20-44-69(53)79(76(63)66)50-27-9-6-10-28-50/h3-47H,2H2,1H3/b24-3-. The molecule has 0 saturated heterocycles. The third-order valence-electron chi connectivity index (χ3n) is 16.8. The van der Waals surface area contributed by atoms with Gasteiger partial charge in [0.05, 0.1) is 22.1 Å². The highest BCUT2D eigenvalue weighted by Gasteiger charge is 2.27. The van der Waals surface area contributed by atoms with Crippen molar-refractivity contribution in [1.29, 1.82) is 0 Å². The number of rotatable bonds is 8. The highest BCUT2D eigenvalue weighted by atomic mass is 16.3. The average Bonchev–Trinajstić information content (AvgIpc) is 4.26. The minimum atomic E-state index is 0.845. The number of furan rings is 1. The lowest BCUT2D eigenvalue weighted by molar-refractivity contribution is 0.670. The van der Waals surface area contributed by atoms with E-state index in [9.17, 15) is 0 Å². The van der Waals surface area contributed by atoms with Gasteiger partial charge in [-0.15, -0.1) is 0 Å². The van der Waals surface area contributed by atoms with Gasteiger partial charge in [0.1, 0.15) is 11.2 Å². The number of hydrogen-bond acceptors (Lipinski definition) is 1. The highest BCUT2D eigenvalue weighted by Crippen LogP contribution is 2.51. The summed E-state index contributed by atoms with van der Waals surface area (Å²) in [5.41, 5.74) is 20.1. The Kier molecular flexibility index (Phi) is 10.3. The zero-order valence-electron chi connectivity index (χ0n) is 44.0. The van der Waals surface area contributed by atoms with Crippen LogP contribution in [-0.2, 0) is 0 Å². The van der Waals surface area contributed by atoms with Gasteiger partial charge in [-0.25, -0.2) is 0 Å². The first-order chi connectivity index (χ1) is 39.7. The van der Waals surface area contributed by atoms with Gasteiger partial charge in [0.25, 0.3) is 0 Å². The highest BCUT2D eigenvalue weighted by molar-refractivity contribution is 6.26. The molecule has 3 heteroatoms. The van der Waals surface area contributed by atoms with E-state index >= 15 is 0 Å². The zero-order chi connectivity index (χ0) is 53.0. The van der Waals surface area contributed by atoms with Crippen molar-refractivity contribution in [2.24, 2.45) is 0 Å². The first kappa shape index (κ1) is 45.7. The first-order valence-electron chi connectivity index (χ1n) is 27.6. The van der Waals surface area contributed by atoms with Gasteiger partial charge in [0, 0.05) is 65.9 Å². The van der Waals surface area contributed by atoms with Crippen molar-refractivity contribution in [1.82, 2.24) is 9.13 Å². The second kappa shape index (κ2) is 18.1. The van der Waals surface area contributed by atoms with Crippen LogP contribution in [0.4, 0.5) is 0 Å². The van der Waals surface area contributed by atoms with Crippen molar-refractivity contribution >= 4 is 110 Å². The Morgan fingerprint density at radius 3 is 1.26 bits per heavy atom. The fraction of sp³-hybridized carbons (Fsp3) is 0.0130. The van der Waals surface area contributed by atoms with Crippen molar-refractivity contribution in [3.05, 3.63) is 279 Å². The molecule has 16 aromatic rings. The van der Waals surface area contributed by atoms with Gasteiger partial charge in [-0.05, 0) is 121 Å².